The Kier molecular flexibility index (Phi) is 3.99. The van der Waals surface area contributed by atoms with E-state index in [1.165, 1.54) is 22.8 Å². The Labute approximate surface area is 138 Å². The third kappa shape index (κ3) is 2.77. The molecule has 1 N–H and O–H groups in total. The number of nitrogens with zero attached hydrogens (tertiary/aromatic N) is 1. The lowest BCUT2D eigenvalue weighted by molar-refractivity contribution is -0.0472. The summed E-state index contributed by atoms with van der Waals surface area (Å²) in [5, 5.41) is 10.3. The van der Waals surface area contributed by atoms with Gasteiger partial charge in [-0.1, -0.05) is 22.9 Å². The molecule has 2 heterocycles. The fourth-order valence-corrected chi connectivity index (χ4v) is 3.34. The largest absolute Gasteiger partial charge is 0.506 e. The number of halogens is 3. The van der Waals surface area contributed by atoms with E-state index in [4.69, 9.17) is 11.6 Å². The first-order valence-corrected chi connectivity index (χ1v) is 7.67. The first-order valence-electron chi connectivity index (χ1n) is 6.47. The molecule has 0 unspecified atom stereocenters. The van der Waals surface area contributed by atoms with Gasteiger partial charge in [0.15, 0.2) is 5.06 Å². The second-order valence-corrected chi connectivity index (χ2v) is 6.18. The lowest BCUT2D eigenvalue weighted by atomic mass is 10.2. The molecule has 0 atom stereocenters. The number of phenolic OH excluding ortho intramolecular Hbond substituents is 1. The van der Waals surface area contributed by atoms with Crippen LogP contribution < -0.4 is 4.74 Å². The maximum Gasteiger partial charge on any atom is 0.388 e. The smallest absolute Gasteiger partial charge is 0.388 e. The lowest BCUT2D eigenvalue weighted by Gasteiger charge is -2.06. The lowest BCUT2D eigenvalue weighted by Crippen LogP contribution is -2.11. The summed E-state index contributed by atoms with van der Waals surface area (Å²) < 4.78 is 30.1. The monoisotopic (exact) mass is 357 g/mol. The Balaban J connectivity index is 2.06. The Morgan fingerprint density at radius 3 is 2.78 bits per heavy atom. The number of fused-ring (bicyclic) bond motifs is 1. The van der Waals surface area contributed by atoms with Crippen LogP contribution in [0.5, 0.6) is 10.8 Å². The number of phenols is 1. The van der Waals surface area contributed by atoms with E-state index in [1.54, 1.807) is 19.1 Å². The number of ether oxygens (including phenoxy) is 1. The Morgan fingerprint density at radius 1 is 1.35 bits per heavy atom. The summed E-state index contributed by atoms with van der Waals surface area (Å²) in [7, 11) is 0. The minimum Gasteiger partial charge on any atom is -0.506 e. The average molecular weight is 358 g/mol. The summed E-state index contributed by atoms with van der Waals surface area (Å²) in [6.07, 6.45) is 0. The molecule has 0 aliphatic rings. The van der Waals surface area contributed by atoms with Crippen LogP contribution in [0.4, 0.5) is 8.78 Å². The molecule has 2 aromatic heterocycles. The zero-order valence-corrected chi connectivity index (χ0v) is 13.3. The highest BCUT2D eigenvalue weighted by atomic mass is 35.5. The second-order valence-electron chi connectivity index (χ2n) is 4.75. The molecule has 120 valence electrons. The number of aromatic nitrogens is 1. The molecule has 0 fully saturated rings. The highest BCUT2D eigenvalue weighted by Gasteiger charge is 2.19. The number of hydrogen-bond acceptors (Lipinski definition) is 4. The summed E-state index contributed by atoms with van der Waals surface area (Å²) in [5.41, 5.74) is 1.14. The highest BCUT2D eigenvalue weighted by Crippen LogP contribution is 2.35. The molecule has 3 aromatic rings. The van der Waals surface area contributed by atoms with Crippen molar-refractivity contribution in [3.8, 4) is 10.8 Å². The molecule has 23 heavy (non-hydrogen) atoms. The van der Waals surface area contributed by atoms with E-state index in [0.29, 0.717) is 16.6 Å². The molecule has 1 aromatic carbocycles. The standard InChI is InChI=1S/C15H10ClF2NO3S/c1-7-6-8-9(2-3-10(20)13(8)16)19(7)14(21)11-4-5-12(23-11)22-15(17)18/h2-6,15,20H,1H3. The number of alkyl halides is 2. The minimum absolute atomic E-state index is 0.0341. The molecule has 0 radical (unpaired) electrons. The predicted molar refractivity (Wildman–Crippen MR) is 84.0 cm³/mol. The normalized spacial score (nSPS) is 11.3. The molecule has 0 spiro atoms. The van der Waals surface area contributed by atoms with Crippen molar-refractivity contribution in [1.82, 2.24) is 4.57 Å². The van der Waals surface area contributed by atoms with E-state index in [-0.39, 0.29) is 26.6 Å². The van der Waals surface area contributed by atoms with Gasteiger partial charge < -0.3 is 9.84 Å². The summed E-state index contributed by atoms with van der Waals surface area (Å²) >= 11 is 6.89. The van der Waals surface area contributed by atoms with Crippen molar-refractivity contribution < 1.29 is 23.4 Å². The van der Waals surface area contributed by atoms with Gasteiger partial charge in [-0.15, -0.1) is 0 Å². The van der Waals surface area contributed by atoms with E-state index in [1.807, 2.05) is 0 Å². The van der Waals surface area contributed by atoms with E-state index in [9.17, 15) is 18.7 Å². The third-order valence-electron chi connectivity index (χ3n) is 3.28. The average Bonchev–Trinajstić information content (AvgIpc) is 3.06. The number of thiophene rings is 1. The van der Waals surface area contributed by atoms with E-state index >= 15 is 0 Å². The van der Waals surface area contributed by atoms with Crippen LogP contribution in [0.25, 0.3) is 10.9 Å². The molecule has 0 bridgehead atoms. The minimum atomic E-state index is -2.94. The van der Waals surface area contributed by atoms with Gasteiger partial charge in [0, 0.05) is 11.1 Å². The van der Waals surface area contributed by atoms with Crippen LogP contribution in [0, 0.1) is 6.92 Å². The first-order chi connectivity index (χ1) is 10.9. The van der Waals surface area contributed by atoms with Crippen molar-refractivity contribution in [1.29, 1.82) is 0 Å². The van der Waals surface area contributed by atoms with Crippen LogP contribution in [0.1, 0.15) is 15.4 Å². The summed E-state index contributed by atoms with van der Waals surface area (Å²) in [4.78, 5) is 12.9. The fraction of sp³-hybridized carbons (Fsp3) is 0.133. The Morgan fingerprint density at radius 2 is 2.09 bits per heavy atom. The molecular weight excluding hydrogens is 348 g/mol. The van der Waals surface area contributed by atoms with Gasteiger partial charge in [0.05, 0.1) is 15.4 Å². The number of aryl methyl sites for hydroxylation is 1. The quantitative estimate of drug-likeness (QED) is 0.741. The topological polar surface area (TPSA) is 51.5 Å². The van der Waals surface area contributed by atoms with Crippen LogP contribution >= 0.6 is 22.9 Å². The van der Waals surface area contributed by atoms with Crippen molar-refractivity contribution in [2.75, 3.05) is 0 Å². The van der Waals surface area contributed by atoms with Gasteiger partial charge in [-0.05, 0) is 37.3 Å². The molecule has 0 aliphatic carbocycles. The van der Waals surface area contributed by atoms with Crippen LogP contribution in [0.2, 0.25) is 5.02 Å². The van der Waals surface area contributed by atoms with Crippen molar-refractivity contribution in [2.45, 2.75) is 13.5 Å². The summed E-state index contributed by atoms with van der Waals surface area (Å²) in [6.45, 7) is -1.22. The number of rotatable bonds is 3. The third-order valence-corrected chi connectivity index (χ3v) is 4.64. The molecular formula is C15H10ClF2NO3S. The molecule has 0 amide bonds. The van der Waals surface area contributed by atoms with Gasteiger partial charge in [0.25, 0.3) is 5.91 Å². The highest BCUT2D eigenvalue weighted by molar-refractivity contribution is 7.15. The van der Waals surface area contributed by atoms with Crippen molar-refractivity contribution in [3.05, 3.63) is 45.9 Å². The SMILES string of the molecule is Cc1cc2c(Cl)c(O)ccc2n1C(=O)c1ccc(OC(F)F)s1. The number of carbonyl (C=O) groups is 1. The van der Waals surface area contributed by atoms with Crippen molar-refractivity contribution in [2.24, 2.45) is 0 Å². The molecule has 3 rings (SSSR count). The Hall–Kier alpha value is -2.12. The van der Waals surface area contributed by atoms with E-state index in [2.05, 4.69) is 4.74 Å². The van der Waals surface area contributed by atoms with Crippen LogP contribution in [-0.2, 0) is 0 Å². The molecule has 4 nitrogen and oxygen atoms in total. The molecule has 8 heteroatoms. The fourth-order valence-electron chi connectivity index (χ4n) is 2.33. The number of aromatic hydroxyl groups is 1. The summed E-state index contributed by atoms with van der Waals surface area (Å²) in [6, 6.07) is 7.40. The van der Waals surface area contributed by atoms with Gasteiger partial charge in [-0.3, -0.25) is 9.36 Å². The number of carbonyl (C=O) groups excluding carboxylic acids is 1. The molecule has 0 saturated heterocycles. The van der Waals surface area contributed by atoms with Gasteiger partial charge in [-0.2, -0.15) is 8.78 Å². The first kappa shape index (κ1) is 15.8. The van der Waals surface area contributed by atoms with Gasteiger partial charge >= 0.3 is 6.61 Å². The van der Waals surface area contributed by atoms with Crippen molar-refractivity contribution in [3.63, 3.8) is 0 Å². The maximum atomic E-state index is 12.7. The second kappa shape index (κ2) is 5.82. The van der Waals surface area contributed by atoms with E-state index in [0.717, 1.165) is 11.3 Å². The number of hydrogen-bond donors (Lipinski definition) is 1. The predicted octanol–water partition coefficient (Wildman–Crippen LogP) is 4.66. The number of benzene rings is 1. The van der Waals surface area contributed by atoms with Crippen LogP contribution in [-0.4, -0.2) is 22.2 Å². The molecule has 0 saturated carbocycles. The zero-order chi connectivity index (χ0) is 16.7. The zero-order valence-electron chi connectivity index (χ0n) is 11.7. The van der Waals surface area contributed by atoms with Gasteiger partial charge in [0.2, 0.25) is 0 Å². The molecule has 0 aliphatic heterocycles. The summed E-state index contributed by atoms with van der Waals surface area (Å²) in [5.74, 6) is -0.458. The van der Waals surface area contributed by atoms with Crippen LogP contribution in [0.15, 0.2) is 30.3 Å². The Bertz CT molecular complexity index is 904. The maximum absolute atomic E-state index is 12.7. The van der Waals surface area contributed by atoms with Gasteiger partial charge in [0.1, 0.15) is 5.75 Å². The van der Waals surface area contributed by atoms with E-state index < -0.39 is 6.61 Å². The van der Waals surface area contributed by atoms with Crippen LogP contribution in [0.3, 0.4) is 0 Å². The van der Waals surface area contributed by atoms with Gasteiger partial charge in [-0.25, -0.2) is 0 Å². The van der Waals surface area contributed by atoms with Crippen molar-refractivity contribution >= 4 is 39.7 Å².